The standard InChI is InChI=1S/C13H15BrO3/c1-3-17-9-12(13(15)16-2)11-7-5-4-6-10(11)8-14/h4-7,9H,3,8H2,1-2H3. The van der Waals surface area contributed by atoms with Crippen LogP contribution >= 0.6 is 15.9 Å². The Morgan fingerprint density at radius 1 is 1.41 bits per heavy atom. The summed E-state index contributed by atoms with van der Waals surface area (Å²) in [6.45, 7) is 2.37. The van der Waals surface area contributed by atoms with Gasteiger partial charge in [0.25, 0.3) is 0 Å². The molecule has 0 N–H and O–H groups in total. The van der Waals surface area contributed by atoms with Crippen LogP contribution in [0.2, 0.25) is 0 Å². The second-order valence-electron chi connectivity index (χ2n) is 3.27. The van der Waals surface area contributed by atoms with Gasteiger partial charge in [0.2, 0.25) is 0 Å². The van der Waals surface area contributed by atoms with Crippen molar-refractivity contribution in [2.24, 2.45) is 0 Å². The molecule has 17 heavy (non-hydrogen) atoms. The van der Waals surface area contributed by atoms with E-state index in [1.54, 1.807) is 0 Å². The van der Waals surface area contributed by atoms with E-state index in [1.807, 2.05) is 31.2 Å². The Labute approximate surface area is 110 Å². The molecule has 0 aliphatic carbocycles. The van der Waals surface area contributed by atoms with E-state index in [1.165, 1.54) is 13.4 Å². The molecule has 92 valence electrons. The van der Waals surface area contributed by atoms with Crippen LogP contribution < -0.4 is 0 Å². The first-order valence-electron chi connectivity index (χ1n) is 5.28. The van der Waals surface area contributed by atoms with Gasteiger partial charge < -0.3 is 9.47 Å². The Kier molecular flexibility index (Phi) is 5.77. The Morgan fingerprint density at radius 3 is 2.71 bits per heavy atom. The summed E-state index contributed by atoms with van der Waals surface area (Å²) >= 11 is 3.40. The van der Waals surface area contributed by atoms with Crippen molar-refractivity contribution in [3.63, 3.8) is 0 Å². The van der Waals surface area contributed by atoms with Crippen LogP contribution in [0, 0.1) is 0 Å². The topological polar surface area (TPSA) is 35.5 Å². The van der Waals surface area contributed by atoms with Crippen molar-refractivity contribution in [2.75, 3.05) is 13.7 Å². The van der Waals surface area contributed by atoms with Crippen molar-refractivity contribution in [3.8, 4) is 0 Å². The summed E-state index contributed by atoms with van der Waals surface area (Å²) in [4.78, 5) is 11.7. The minimum absolute atomic E-state index is 0.396. The minimum Gasteiger partial charge on any atom is -0.501 e. The lowest BCUT2D eigenvalue weighted by Crippen LogP contribution is -2.06. The number of halogens is 1. The zero-order valence-corrected chi connectivity index (χ0v) is 11.5. The van der Waals surface area contributed by atoms with Gasteiger partial charge in [0.15, 0.2) is 0 Å². The number of methoxy groups -OCH3 is 1. The number of esters is 1. The summed E-state index contributed by atoms with van der Waals surface area (Å²) in [7, 11) is 1.36. The van der Waals surface area contributed by atoms with Crippen molar-refractivity contribution in [1.82, 2.24) is 0 Å². The molecule has 0 heterocycles. The normalized spacial score (nSPS) is 11.1. The van der Waals surface area contributed by atoms with Gasteiger partial charge in [-0.15, -0.1) is 0 Å². The number of benzene rings is 1. The second kappa shape index (κ2) is 7.12. The third-order valence-electron chi connectivity index (χ3n) is 2.22. The van der Waals surface area contributed by atoms with Crippen LogP contribution in [0.4, 0.5) is 0 Å². The van der Waals surface area contributed by atoms with Crippen LogP contribution in [0.25, 0.3) is 5.57 Å². The number of ether oxygens (including phenoxy) is 2. The van der Waals surface area contributed by atoms with Crippen molar-refractivity contribution in [2.45, 2.75) is 12.3 Å². The molecule has 4 heteroatoms. The molecule has 0 aliphatic heterocycles. The molecule has 0 fully saturated rings. The fraction of sp³-hybridized carbons (Fsp3) is 0.308. The van der Waals surface area contributed by atoms with Gasteiger partial charge in [0.05, 0.1) is 20.0 Å². The highest BCUT2D eigenvalue weighted by atomic mass is 79.9. The molecule has 0 unspecified atom stereocenters. The average Bonchev–Trinajstić information content (AvgIpc) is 2.39. The Hall–Kier alpha value is -1.29. The molecule has 0 aliphatic rings. The van der Waals surface area contributed by atoms with Gasteiger partial charge in [0, 0.05) is 5.33 Å². The van der Waals surface area contributed by atoms with Crippen LogP contribution in [0.15, 0.2) is 30.5 Å². The molecule has 1 aromatic carbocycles. The van der Waals surface area contributed by atoms with Gasteiger partial charge in [-0.3, -0.25) is 0 Å². The zero-order valence-electron chi connectivity index (χ0n) is 9.90. The van der Waals surface area contributed by atoms with E-state index in [0.29, 0.717) is 17.5 Å². The lowest BCUT2D eigenvalue weighted by molar-refractivity contribution is -0.133. The Morgan fingerprint density at radius 2 is 2.12 bits per heavy atom. The Balaban J connectivity index is 3.17. The number of rotatable bonds is 5. The molecule has 0 saturated heterocycles. The van der Waals surface area contributed by atoms with Gasteiger partial charge in [-0.2, -0.15) is 0 Å². The zero-order chi connectivity index (χ0) is 12.7. The highest BCUT2D eigenvalue weighted by molar-refractivity contribution is 9.08. The predicted octanol–water partition coefficient (Wildman–Crippen LogP) is 3.13. The van der Waals surface area contributed by atoms with E-state index in [4.69, 9.17) is 9.47 Å². The monoisotopic (exact) mass is 298 g/mol. The van der Waals surface area contributed by atoms with Crippen molar-refractivity contribution in [3.05, 3.63) is 41.7 Å². The van der Waals surface area contributed by atoms with Crippen LogP contribution in [0.1, 0.15) is 18.1 Å². The van der Waals surface area contributed by atoms with Gasteiger partial charge in [-0.1, -0.05) is 40.2 Å². The van der Waals surface area contributed by atoms with Gasteiger partial charge in [0.1, 0.15) is 5.57 Å². The molecule has 0 radical (unpaired) electrons. The largest absolute Gasteiger partial charge is 0.501 e. The van der Waals surface area contributed by atoms with Gasteiger partial charge in [-0.25, -0.2) is 4.79 Å². The van der Waals surface area contributed by atoms with E-state index >= 15 is 0 Å². The molecule has 0 aromatic heterocycles. The third kappa shape index (κ3) is 3.60. The third-order valence-corrected chi connectivity index (χ3v) is 2.83. The first-order chi connectivity index (χ1) is 8.24. The second-order valence-corrected chi connectivity index (χ2v) is 3.83. The maximum absolute atomic E-state index is 11.7. The molecule has 1 rings (SSSR count). The minimum atomic E-state index is -0.396. The molecule has 0 saturated carbocycles. The molecule has 3 nitrogen and oxygen atoms in total. The first-order valence-corrected chi connectivity index (χ1v) is 6.41. The number of alkyl halides is 1. The highest BCUT2D eigenvalue weighted by Gasteiger charge is 2.15. The van der Waals surface area contributed by atoms with Crippen molar-refractivity contribution < 1.29 is 14.3 Å². The summed E-state index contributed by atoms with van der Waals surface area (Å²) in [6, 6.07) is 7.63. The number of hydrogen-bond acceptors (Lipinski definition) is 3. The summed E-state index contributed by atoms with van der Waals surface area (Å²) < 4.78 is 9.96. The van der Waals surface area contributed by atoms with E-state index in [2.05, 4.69) is 15.9 Å². The van der Waals surface area contributed by atoms with Crippen molar-refractivity contribution >= 4 is 27.5 Å². The first kappa shape index (κ1) is 13.8. The van der Waals surface area contributed by atoms with Crippen LogP contribution in [-0.2, 0) is 19.6 Å². The summed E-state index contributed by atoms with van der Waals surface area (Å²) in [6.07, 6.45) is 1.45. The van der Waals surface area contributed by atoms with E-state index < -0.39 is 5.97 Å². The molecule has 0 bridgehead atoms. The predicted molar refractivity (Wildman–Crippen MR) is 70.7 cm³/mol. The van der Waals surface area contributed by atoms with E-state index in [-0.39, 0.29) is 0 Å². The lowest BCUT2D eigenvalue weighted by atomic mass is 10.0. The average molecular weight is 299 g/mol. The maximum atomic E-state index is 11.7. The molecule has 0 atom stereocenters. The van der Waals surface area contributed by atoms with Crippen LogP contribution in [0.3, 0.4) is 0 Å². The van der Waals surface area contributed by atoms with Crippen LogP contribution in [0.5, 0.6) is 0 Å². The number of carbonyl (C=O) groups excluding carboxylic acids is 1. The van der Waals surface area contributed by atoms with Gasteiger partial charge >= 0.3 is 5.97 Å². The quantitative estimate of drug-likeness (QED) is 0.363. The lowest BCUT2D eigenvalue weighted by Gasteiger charge is -2.09. The molecular formula is C13H15BrO3. The Bertz CT molecular complexity index is 413. The summed E-state index contributed by atoms with van der Waals surface area (Å²) in [5.41, 5.74) is 2.28. The molecule has 0 amide bonds. The number of carbonyl (C=O) groups is 1. The fourth-order valence-corrected chi connectivity index (χ4v) is 1.89. The smallest absolute Gasteiger partial charge is 0.341 e. The number of hydrogen-bond donors (Lipinski definition) is 0. The molecular weight excluding hydrogens is 284 g/mol. The molecule has 0 spiro atoms. The highest BCUT2D eigenvalue weighted by Crippen LogP contribution is 2.22. The van der Waals surface area contributed by atoms with Crippen LogP contribution in [-0.4, -0.2) is 19.7 Å². The van der Waals surface area contributed by atoms with E-state index in [0.717, 1.165) is 11.1 Å². The SMILES string of the molecule is CCOC=C(C(=O)OC)c1ccccc1CBr. The van der Waals surface area contributed by atoms with E-state index in [9.17, 15) is 4.79 Å². The fourth-order valence-electron chi connectivity index (χ4n) is 1.40. The summed E-state index contributed by atoms with van der Waals surface area (Å²) in [5, 5.41) is 0.670. The summed E-state index contributed by atoms with van der Waals surface area (Å²) in [5.74, 6) is -0.396. The maximum Gasteiger partial charge on any atom is 0.341 e. The van der Waals surface area contributed by atoms with Gasteiger partial charge in [-0.05, 0) is 18.1 Å². The van der Waals surface area contributed by atoms with Crippen molar-refractivity contribution in [1.29, 1.82) is 0 Å². The molecule has 1 aromatic rings.